The number of hydrogen-bond acceptors (Lipinski definition) is 2. The van der Waals surface area contributed by atoms with Gasteiger partial charge in [-0.1, -0.05) is 0 Å². The second-order valence-electron chi connectivity index (χ2n) is 6.88. The molecule has 0 atom stereocenters. The van der Waals surface area contributed by atoms with Crippen LogP contribution in [0.25, 0.3) is 21.5 Å². The minimum absolute atomic E-state index is 0.251. The molecule has 4 aromatic rings. The van der Waals surface area contributed by atoms with Crippen LogP contribution in [-0.4, -0.2) is 12.1 Å². The van der Waals surface area contributed by atoms with E-state index < -0.39 is 110 Å². The Morgan fingerprint density at radius 3 is 1.37 bits per heavy atom. The van der Waals surface area contributed by atoms with Gasteiger partial charge in [0.25, 0.3) is 0 Å². The Morgan fingerprint density at radius 2 is 0.857 bits per heavy atom. The zero-order chi connectivity index (χ0) is 26.1. The van der Waals surface area contributed by atoms with E-state index in [1.54, 1.807) is 0 Å². The van der Waals surface area contributed by atoms with Crippen LogP contribution in [-0.2, 0) is 0 Å². The minimum atomic E-state index is -3.14. The molecule has 0 heterocycles. The quantitative estimate of drug-likeness (QED) is 0.130. The van der Waals surface area contributed by atoms with Gasteiger partial charge >= 0.3 is 7.12 Å². The predicted octanol–water partition coefficient (Wildman–Crippen LogP) is 5.43. The van der Waals surface area contributed by atoms with Gasteiger partial charge in [0.1, 0.15) is 17.5 Å². The summed E-state index contributed by atoms with van der Waals surface area (Å²) in [4.78, 5) is 0. The molecule has 0 saturated carbocycles. The molecule has 0 aliphatic heterocycles. The van der Waals surface area contributed by atoms with Crippen LogP contribution >= 0.6 is 0 Å². The van der Waals surface area contributed by atoms with Gasteiger partial charge in [-0.3, -0.25) is 0 Å². The van der Waals surface area contributed by atoms with Crippen molar-refractivity contribution in [2.24, 2.45) is 0 Å². The van der Waals surface area contributed by atoms with Crippen LogP contribution in [0.5, 0.6) is 5.75 Å². The molecule has 4 rings (SSSR count). The molecule has 0 fully saturated rings. The fourth-order valence-corrected chi connectivity index (χ4v) is 3.40. The summed E-state index contributed by atoms with van der Waals surface area (Å²) in [7, 11) is -3.14. The number of benzene rings is 4. The fourth-order valence-electron chi connectivity index (χ4n) is 3.40. The average Bonchev–Trinajstić information content (AvgIpc) is 2.81. The van der Waals surface area contributed by atoms with Crippen molar-refractivity contribution in [1.29, 1.82) is 0 Å². The van der Waals surface area contributed by atoms with Crippen molar-refractivity contribution in [1.82, 2.24) is 0 Å². The van der Waals surface area contributed by atoms with E-state index in [-0.39, 0.29) is 12.1 Å². The summed E-state index contributed by atoms with van der Waals surface area (Å²) in [6.45, 7) is 0. The highest BCUT2D eigenvalue weighted by atomic mass is 19.2. The SMILES string of the molecule is OB(Oc1c(F)c(F)c(F)c2c(F)c3c(F)c(F)c(F)c(F)c3c(F)c12)c1c(F)ccc(F)c1F. The topological polar surface area (TPSA) is 29.5 Å². The molecule has 0 radical (unpaired) electrons. The summed E-state index contributed by atoms with van der Waals surface area (Å²) in [6.07, 6.45) is 0. The first-order valence-electron chi connectivity index (χ1n) is 8.92. The summed E-state index contributed by atoms with van der Waals surface area (Å²) in [5.41, 5.74) is -1.69. The van der Waals surface area contributed by atoms with Gasteiger partial charge in [0.15, 0.2) is 52.3 Å². The Balaban J connectivity index is 2.14. The molecule has 35 heavy (non-hydrogen) atoms. The lowest BCUT2D eigenvalue weighted by Gasteiger charge is -2.18. The lowest BCUT2D eigenvalue weighted by Crippen LogP contribution is -2.42. The van der Waals surface area contributed by atoms with Crippen molar-refractivity contribution < 1.29 is 62.4 Å². The fraction of sp³-hybridized carbons (Fsp3) is 0. The number of fused-ring (bicyclic) bond motifs is 2. The van der Waals surface area contributed by atoms with Crippen molar-refractivity contribution >= 4 is 34.1 Å². The molecule has 2 nitrogen and oxygen atoms in total. The number of hydrogen-bond donors (Lipinski definition) is 1. The van der Waals surface area contributed by atoms with Crippen LogP contribution in [0.1, 0.15) is 0 Å². The van der Waals surface area contributed by atoms with E-state index in [2.05, 4.69) is 4.65 Å². The van der Waals surface area contributed by atoms with Gasteiger partial charge in [-0.25, -0.2) is 48.3 Å². The third-order valence-electron chi connectivity index (χ3n) is 4.98. The molecule has 0 spiro atoms. The van der Waals surface area contributed by atoms with Crippen LogP contribution in [0.15, 0.2) is 12.1 Å². The molecule has 0 aliphatic rings. The molecule has 1 N–H and O–H groups in total. The number of rotatable bonds is 3. The maximum atomic E-state index is 15.1. The molecule has 4 aromatic carbocycles. The van der Waals surface area contributed by atoms with Crippen molar-refractivity contribution in [2.45, 2.75) is 0 Å². The van der Waals surface area contributed by atoms with E-state index in [4.69, 9.17) is 0 Å². The summed E-state index contributed by atoms with van der Waals surface area (Å²) in [6, 6.07) is 0.504. The lowest BCUT2D eigenvalue weighted by atomic mass is 9.78. The zero-order valence-electron chi connectivity index (χ0n) is 16.1. The van der Waals surface area contributed by atoms with Crippen molar-refractivity contribution in [3.05, 3.63) is 81.9 Å². The Kier molecular flexibility index (Phi) is 5.78. The third-order valence-corrected chi connectivity index (χ3v) is 4.98. The van der Waals surface area contributed by atoms with Gasteiger partial charge in [-0.05, 0) is 12.1 Å². The molecular formula is C20H3BF12O2. The van der Waals surface area contributed by atoms with Crippen LogP contribution < -0.4 is 10.1 Å². The monoisotopic (exact) mass is 514 g/mol. The molecule has 182 valence electrons. The van der Waals surface area contributed by atoms with Crippen LogP contribution in [0, 0.1) is 69.8 Å². The molecule has 0 aromatic heterocycles. The van der Waals surface area contributed by atoms with E-state index in [0.717, 1.165) is 0 Å². The van der Waals surface area contributed by atoms with E-state index in [1.165, 1.54) is 0 Å². The molecule has 0 unspecified atom stereocenters. The Hall–Kier alpha value is -3.62. The second-order valence-corrected chi connectivity index (χ2v) is 6.88. The maximum Gasteiger partial charge on any atom is 0.566 e. The largest absolute Gasteiger partial charge is 0.566 e. The summed E-state index contributed by atoms with van der Waals surface area (Å²) >= 11 is 0. The highest BCUT2D eigenvalue weighted by Crippen LogP contribution is 2.43. The normalized spacial score (nSPS) is 11.6. The smallest absolute Gasteiger partial charge is 0.530 e. The molecule has 15 heteroatoms. The zero-order valence-corrected chi connectivity index (χ0v) is 16.1. The average molecular weight is 514 g/mol. The minimum Gasteiger partial charge on any atom is -0.530 e. The van der Waals surface area contributed by atoms with E-state index in [1.807, 2.05) is 0 Å². The first-order chi connectivity index (χ1) is 16.3. The first kappa shape index (κ1) is 24.5. The third kappa shape index (κ3) is 3.36. The van der Waals surface area contributed by atoms with E-state index in [9.17, 15) is 53.3 Å². The van der Waals surface area contributed by atoms with Crippen LogP contribution in [0.4, 0.5) is 52.7 Å². The van der Waals surface area contributed by atoms with Gasteiger partial charge in [0.2, 0.25) is 5.82 Å². The van der Waals surface area contributed by atoms with Gasteiger partial charge in [-0.2, -0.15) is 4.39 Å². The van der Waals surface area contributed by atoms with Crippen molar-refractivity contribution in [2.75, 3.05) is 0 Å². The van der Waals surface area contributed by atoms with Gasteiger partial charge < -0.3 is 9.68 Å². The molecular weight excluding hydrogens is 511 g/mol. The highest BCUT2D eigenvalue weighted by Gasteiger charge is 2.36. The Bertz CT molecular complexity index is 1570. The molecule has 0 saturated heterocycles. The van der Waals surface area contributed by atoms with Crippen molar-refractivity contribution in [3.63, 3.8) is 0 Å². The molecule has 0 amide bonds. The van der Waals surface area contributed by atoms with Gasteiger partial charge in [0, 0.05) is 0 Å². The Labute approximate surface area is 185 Å². The first-order valence-corrected chi connectivity index (χ1v) is 8.92. The summed E-state index contributed by atoms with van der Waals surface area (Å²) in [5.74, 6) is -30.9. The standard InChI is InChI=1S/C20H3BF12O2/c22-3-1-2-4(23)10(24)9(3)21(34)35-20-8-7(15(29)18(32)19(20)33)11(25)5-6(12(8)26)14(28)17(31)16(30)13(5)27/h1-2,34H. The summed E-state index contributed by atoms with van der Waals surface area (Å²) < 4.78 is 174. The van der Waals surface area contributed by atoms with E-state index in [0.29, 0.717) is 0 Å². The maximum absolute atomic E-state index is 15.1. The second kappa shape index (κ2) is 8.25. The molecule has 0 aliphatic carbocycles. The van der Waals surface area contributed by atoms with Crippen molar-refractivity contribution in [3.8, 4) is 5.75 Å². The van der Waals surface area contributed by atoms with Crippen LogP contribution in [0.2, 0.25) is 0 Å². The van der Waals surface area contributed by atoms with Crippen LogP contribution in [0.3, 0.4) is 0 Å². The predicted molar refractivity (Wildman–Crippen MR) is 95.6 cm³/mol. The Morgan fingerprint density at radius 1 is 0.457 bits per heavy atom. The van der Waals surface area contributed by atoms with E-state index >= 15 is 4.39 Å². The van der Waals surface area contributed by atoms with Gasteiger partial charge in [-0.15, -0.1) is 0 Å². The summed E-state index contributed by atoms with van der Waals surface area (Å²) in [5, 5.41) is 1.90. The number of halogens is 12. The lowest BCUT2D eigenvalue weighted by molar-refractivity contribution is 0.386. The highest BCUT2D eigenvalue weighted by molar-refractivity contribution is 6.61. The van der Waals surface area contributed by atoms with Gasteiger partial charge in [0.05, 0.1) is 27.0 Å². The molecule has 0 bridgehead atoms.